The number of unbranched alkanes of at least 4 members (excludes halogenated alkanes) is 1. The van der Waals surface area contributed by atoms with E-state index in [0.717, 1.165) is 19.3 Å². The van der Waals surface area contributed by atoms with Gasteiger partial charge in [-0.25, -0.2) is 0 Å². The Morgan fingerprint density at radius 1 is 1.18 bits per heavy atom. The Morgan fingerprint density at radius 3 is 2.35 bits per heavy atom. The Labute approximate surface area is 103 Å². The summed E-state index contributed by atoms with van der Waals surface area (Å²) in [4.78, 5) is 10.4. The van der Waals surface area contributed by atoms with Crippen LogP contribution in [0.1, 0.15) is 44.2 Å². The maximum atomic E-state index is 10.4. The molecule has 1 N–H and O–H groups in total. The third kappa shape index (κ3) is 5.91. The van der Waals surface area contributed by atoms with Crippen LogP contribution in [0, 0.1) is 0 Å². The molecule has 1 aromatic rings. The van der Waals surface area contributed by atoms with E-state index in [0.29, 0.717) is 0 Å². The summed E-state index contributed by atoms with van der Waals surface area (Å²) in [6.07, 6.45) is 5.08. The fourth-order valence-corrected chi connectivity index (χ4v) is 1.72. The van der Waals surface area contributed by atoms with Crippen LogP contribution in [0.2, 0.25) is 0 Å². The summed E-state index contributed by atoms with van der Waals surface area (Å²) >= 11 is 0. The number of carbonyl (C=O) groups is 1. The molecule has 0 fully saturated rings. The van der Waals surface area contributed by atoms with E-state index < -0.39 is 5.97 Å². The van der Waals surface area contributed by atoms with Crippen LogP contribution in [-0.2, 0) is 11.2 Å². The lowest BCUT2D eigenvalue weighted by Gasteiger charge is -2.02. The molecular formula is C15H20O2. The Kier molecular flexibility index (Phi) is 5.47. The molecule has 1 aromatic carbocycles. The lowest BCUT2D eigenvalue weighted by Crippen LogP contribution is -1.94. The topological polar surface area (TPSA) is 37.3 Å². The van der Waals surface area contributed by atoms with Crippen molar-refractivity contribution in [1.82, 2.24) is 0 Å². The van der Waals surface area contributed by atoms with E-state index in [1.807, 2.05) is 0 Å². The van der Waals surface area contributed by atoms with Gasteiger partial charge in [0, 0.05) is 6.42 Å². The molecule has 2 nitrogen and oxygen atoms in total. The summed E-state index contributed by atoms with van der Waals surface area (Å²) in [6.45, 7) is 4.17. The molecule has 0 spiro atoms. The van der Waals surface area contributed by atoms with Crippen LogP contribution < -0.4 is 0 Å². The summed E-state index contributed by atoms with van der Waals surface area (Å²) in [5.74, 6) is -0.705. The smallest absolute Gasteiger partial charge is 0.303 e. The summed E-state index contributed by atoms with van der Waals surface area (Å²) in [6, 6.07) is 8.46. The first kappa shape index (κ1) is 13.5. The molecule has 0 amide bonds. The maximum Gasteiger partial charge on any atom is 0.303 e. The molecule has 0 aliphatic heterocycles. The van der Waals surface area contributed by atoms with Crippen LogP contribution in [0.4, 0.5) is 0 Å². The third-order valence-corrected chi connectivity index (χ3v) is 2.54. The molecule has 0 atom stereocenters. The normalized spacial score (nSPS) is 10.0. The van der Waals surface area contributed by atoms with Crippen LogP contribution in [0.15, 0.2) is 29.8 Å². The number of carboxylic acid groups (broad SMARTS) is 1. The van der Waals surface area contributed by atoms with Crippen LogP contribution in [0.5, 0.6) is 0 Å². The van der Waals surface area contributed by atoms with E-state index in [1.165, 1.54) is 16.7 Å². The quantitative estimate of drug-likeness (QED) is 0.755. The molecule has 0 heterocycles. The second-order valence-electron chi connectivity index (χ2n) is 4.56. The van der Waals surface area contributed by atoms with Crippen LogP contribution in [0.25, 0.3) is 6.08 Å². The summed E-state index contributed by atoms with van der Waals surface area (Å²) in [5.41, 5.74) is 3.79. The zero-order valence-corrected chi connectivity index (χ0v) is 10.6. The van der Waals surface area contributed by atoms with E-state index in [1.54, 1.807) is 0 Å². The molecule has 0 saturated carbocycles. The highest BCUT2D eigenvalue weighted by atomic mass is 16.4. The van der Waals surface area contributed by atoms with Gasteiger partial charge in [-0.15, -0.1) is 0 Å². The number of allylic oxidation sites excluding steroid dienone is 1. The Hall–Kier alpha value is -1.57. The first-order chi connectivity index (χ1) is 8.08. The van der Waals surface area contributed by atoms with Gasteiger partial charge in [0.25, 0.3) is 0 Å². The van der Waals surface area contributed by atoms with Gasteiger partial charge in [0.2, 0.25) is 0 Å². The first-order valence-corrected chi connectivity index (χ1v) is 6.03. The van der Waals surface area contributed by atoms with Crippen LogP contribution in [-0.4, -0.2) is 11.1 Å². The highest BCUT2D eigenvalue weighted by Gasteiger charge is 1.98. The average molecular weight is 232 g/mol. The summed E-state index contributed by atoms with van der Waals surface area (Å²) < 4.78 is 0. The van der Waals surface area contributed by atoms with E-state index in [2.05, 4.69) is 44.2 Å². The van der Waals surface area contributed by atoms with Crippen molar-refractivity contribution in [2.45, 2.75) is 39.5 Å². The molecule has 1 rings (SSSR count). The number of benzene rings is 1. The summed E-state index contributed by atoms with van der Waals surface area (Å²) in [7, 11) is 0. The highest BCUT2D eigenvalue weighted by Crippen LogP contribution is 2.11. The monoisotopic (exact) mass is 232 g/mol. The van der Waals surface area contributed by atoms with Gasteiger partial charge in [0.05, 0.1) is 0 Å². The number of hydrogen-bond donors (Lipinski definition) is 1. The Balaban J connectivity index is 2.40. The van der Waals surface area contributed by atoms with Gasteiger partial charge in [0.1, 0.15) is 0 Å². The predicted molar refractivity (Wildman–Crippen MR) is 71.0 cm³/mol. The van der Waals surface area contributed by atoms with Gasteiger partial charge in [0.15, 0.2) is 0 Å². The van der Waals surface area contributed by atoms with Gasteiger partial charge >= 0.3 is 5.97 Å². The van der Waals surface area contributed by atoms with E-state index in [-0.39, 0.29) is 6.42 Å². The molecule has 2 heteroatoms. The predicted octanol–water partition coefficient (Wildman–Crippen LogP) is 3.91. The number of rotatable bonds is 6. The van der Waals surface area contributed by atoms with Crippen molar-refractivity contribution in [3.05, 3.63) is 41.0 Å². The minimum atomic E-state index is -0.705. The molecule has 0 aliphatic carbocycles. The molecule has 0 aromatic heterocycles. The standard InChI is InChI=1S/C15H20O2/c1-12(2)11-14-9-7-13(8-10-14)5-3-4-6-15(16)17/h7-11H,3-6H2,1-2H3,(H,16,17). The van der Waals surface area contributed by atoms with Gasteiger partial charge in [-0.3, -0.25) is 4.79 Å². The van der Waals surface area contributed by atoms with Gasteiger partial charge < -0.3 is 5.11 Å². The van der Waals surface area contributed by atoms with Crippen molar-refractivity contribution in [2.75, 3.05) is 0 Å². The van der Waals surface area contributed by atoms with E-state index in [4.69, 9.17) is 5.11 Å². The zero-order chi connectivity index (χ0) is 12.7. The fraction of sp³-hybridized carbons (Fsp3) is 0.400. The van der Waals surface area contributed by atoms with Crippen molar-refractivity contribution in [2.24, 2.45) is 0 Å². The van der Waals surface area contributed by atoms with E-state index in [9.17, 15) is 4.79 Å². The van der Waals surface area contributed by atoms with Gasteiger partial charge in [-0.1, -0.05) is 35.9 Å². The van der Waals surface area contributed by atoms with Crippen molar-refractivity contribution < 1.29 is 9.90 Å². The molecule has 0 aliphatic rings. The lowest BCUT2D eigenvalue weighted by atomic mass is 10.0. The van der Waals surface area contributed by atoms with Crippen LogP contribution in [0.3, 0.4) is 0 Å². The van der Waals surface area contributed by atoms with Crippen molar-refractivity contribution >= 4 is 12.0 Å². The molecule has 92 valence electrons. The highest BCUT2D eigenvalue weighted by molar-refractivity contribution is 5.66. The Morgan fingerprint density at radius 2 is 1.82 bits per heavy atom. The van der Waals surface area contributed by atoms with Gasteiger partial charge in [-0.2, -0.15) is 0 Å². The van der Waals surface area contributed by atoms with Crippen molar-refractivity contribution in [1.29, 1.82) is 0 Å². The largest absolute Gasteiger partial charge is 0.481 e. The van der Waals surface area contributed by atoms with Crippen molar-refractivity contribution in [3.8, 4) is 0 Å². The summed E-state index contributed by atoms with van der Waals surface area (Å²) in [5, 5.41) is 8.52. The third-order valence-electron chi connectivity index (χ3n) is 2.54. The minimum Gasteiger partial charge on any atom is -0.481 e. The zero-order valence-electron chi connectivity index (χ0n) is 10.6. The van der Waals surface area contributed by atoms with Crippen LogP contribution >= 0.6 is 0 Å². The number of hydrogen-bond acceptors (Lipinski definition) is 1. The molecule has 0 radical (unpaired) electrons. The molecule has 0 bridgehead atoms. The molecular weight excluding hydrogens is 212 g/mol. The lowest BCUT2D eigenvalue weighted by molar-refractivity contribution is -0.137. The molecule has 0 unspecified atom stereocenters. The first-order valence-electron chi connectivity index (χ1n) is 6.03. The van der Waals surface area contributed by atoms with E-state index >= 15 is 0 Å². The van der Waals surface area contributed by atoms with Crippen molar-refractivity contribution in [3.63, 3.8) is 0 Å². The van der Waals surface area contributed by atoms with Gasteiger partial charge in [-0.05, 0) is 44.2 Å². The fourth-order valence-electron chi connectivity index (χ4n) is 1.72. The SMILES string of the molecule is CC(C)=Cc1ccc(CCCCC(=O)O)cc1. The Bertz CT molecular complexity index is 384. The maximum absolute atomic E-state index is 10.4. The average Bonchev–Trinajstić information content (AvgIpc) is 2.25. The number of carboxylic acids is 1. The molecule has 0 saturated heterocycles. The molecule has 17 heavy (non-hydrogen) atoms. The second kappa shape index (κ2) is 6.89. The number of aryl methyl sites for hydroxylation is 1. The minimum absolute atomic E-state index is 0.274. The second-order valence-corrected chi connectivity index (χ2v) is 4.56. The number of aliphatic carboxylic acids is 1.